The Kier molecular flexibility index (Phi) is 2.13. The van der Waals surface area contributed by atoms with Crippen molar-refractivity contribution < 1.29 is 19.0 Å². The van der Waals surface area contributed by atoms with Crippen LogP contribution in [-0.4, -0.2) is 25.7 Å². The Hall–Kier alpha value is -1.21. The van der Waals surface area contributed by atoms with E-state index in [0.29, 0.717) is 0 Å². The van der Waals surface area contributed by atoms with E-state index < -0.39 is 12.4 Å². The highest BCUT2D eigenvalue weighted by Gasteiger charge is 2.24. The molecular formula is C6H6O4. The van der Waals surface area contributed by atoms with Gasteiger partial charge in [-0.3, -0.25) is 0 Å². The van der Waals surface area contributed by atoms with Crippen LogP contribution in [0.1, 0.15) is 0 Å². The number of rotatable bonds is 2. The first kappa shape index (κ1) is 6.90. The lowest BCUT2D eigenvalue weighted by Gasteiger charge is -2.02. The first-order valence-electron chi connectivity index (χ1n) is 2.71. The summed E-state index contributed by atoms with van der Waals surface area (Å²) in [7, 11) is 0. The summed E-state index contributed by atoms with van der Waals surface area (Å²) in [5.41, 5.74) is 0. The monoisotopic (exact) mass is 142 g/mol. The van der Waals surface area contributed by atoms with Gasteiger partial charge in [-0.05, 0) is 0 Å². The number of terminal acetylenes is 1. The van der Waals surface area contributed by atoms with Gasteiger partial charge in [0.05, 0.1) is 0 Å². The summed E-state index contributed by atoms with van der Waals surface area (Å²) in [5.74, 6) is 2.24. The van der Waals surface area contributed by atoms with Gasteiger partial charge in [-0.2, -0.15) is 0 Å². The molecule has 0 aromatic rings. The molecule has 1 heterocycles. The Labute approximate surface area is 58.1 Å². The zero-order valence-corrected chi connectivity index (χ0v) is 5.20. The van der Waals surface area contributed by atoms with Crippen LogP contribution in [0.3, 0.4) is 0 Å². The van der Waals surface area contributed by atoms with Crippen LogP contribution < -0.4 is 0 Å². The average molecular weight is 142 g/mol. The third-order valence-corrected chi connectivity index (χ3v) is 0.917. The Morgan fingerprint density at radius 2 is 2.70 bits per heavy atom. The molecule has 0 bridgehead atoms. The number of carbonyl (C=O) groups is 1. The maximum absolute atomic E-state index is 10.2. The number of cyclic esters (lactones) is 2. The Morgan fingerprint density at radius 3 is 3.20 bits per heavy atom. The lowest BCUT2D eigenvalue weighted by atomic mass is 10.7. The molecule has 0 aromatic heterocycles. The van der Waals surface area contributed by atoms with E-state index in [9.17, 15) is 4.79 Å². The lowest BCUT2D eigenvalue weighted by Crippen LogP contribution is -2.14. The minimum absolute atomic E-state index is 0.126. The summed E-state index contributed by atoms with van der Waals surface area (Å²) in [5, 5.41) is 0. The van der Waals surface area contributed by atoms with E-state index in [1.165, 1.54) is 0 Å². The van der Waals surface area contributed by atoms with Gasteiger partial charge in [-0.25, -0.2) is 4.79 Å². The van der Waals surface area contributed by atoms with Crippen molar-refractivity contribution in [2.75, 3.05) is 13.2 Å². The molecule has 1 aliphatic heterocycles. The molecule has 0 saturated carbocycles. The van der Waals surface area contributed by atoms with Crippen LogP contribution in [0.25, 0.3) is 0 Å². The largest absolute Gasteiger partial charge is 0.510 e. The molecule has 0 N–H and O–H groups in total. The molecule has 1 atom stereocenters. The maximum atomic E-state index is 10.2. The number of hydrogen-bond acceptors (Lipinski definition) is 4. The summed E-state index contributed by atoms with van der Waals surface area (Å²) in [6.45, 7) is 0.252. The van der Waals surface area contributed by atoms with Crippen LogP contribution in [0.5, 0.6) is 0 Å². The summed E-state index contributed by atoms with van der Waals surface area (Å²) in [6.07, 6.45) is 3.56. The molecule has 0 aromatic carbocycles. The average Bonchev–Trinajstić information content (AvgIpc) is 2.31. The first-order chi connectivity index (χ1) is 4.83. The molecule has 0 spiro atoms. The highest BCUT2D eigenvalue weighted by Crippen LogP contribution is 2.06. The van der Waals surface area contributed by atoms with Crippen molar-refractivity contribution in [2.45, 2.75) is 6.29 Å². The molecule has 1 saturated heterocycles. The van der Waals surface area contributed by atoms with Gasteiger partial charge < -0.3 is 14.2 Å². The Morgan fingerprint density at radius 1 is 1.90 bits per heavy atom. The van der Waals surface area contributed by atoms with Crippen molar-refractivity contribution in [3.63, 3.8) is 0 Å². The summed E-state index contributed by atoms with van der Waals surface area (Å²) in [6, 6.07) is 0. The van der Waals surface area contributed by atoms with E-state index in [0.717, 1.165) is 0 Å². The minimum Gasteiger partial charge on any atom is -0.428 e. The normalized spacial score (nSPS) is 23.1. The summed E-state index contributed by atoms with van der Waals surface area (Å²) >= 11 is 0. The van der Waals surface area contributed by atoms with Crippen molar-refractivity contribution in [1.29, 1.82) is 0 Å². The smallest absolute Gasteiger partial charge is 0.428 e. The fraction of sp³-hybridized carbons (Fsp3) is 0.500. The molecule has 0 amide bonds. The van der Waals surface area contributed by atoms with Crippen LogP contribution in [0, 0.1) is 12.3 Å². The molecule has 1 fully saturated rings. The fourth-order valence-corrected chi connectivity index (χ4v) is 0.535. The topological polar surface area (TPSA) is 44.8 Å². The van der Waals surface area contributed by atoms with Crippen molar-refractivity contribution in [3.05, 3.63) is 0 Å². The van der Waals surface area contributed by atoms with Crippen LogP contribution in [0.4, 0.5) is 4.79 Å². The molecule has 10 heavy (non-hydrogen) atoms. The van der Waals surface area contributed by atoms with Crippen LogP contribution in [0.15, 0.2) is 0 Å². The van der Waals surface area contributed by atoms with Crippen molar-refractivity contribution in [2.24, 2.45) is 0 Å². The second-order valence-corrected chi connectivity index (χ2v) is 1.62. The van der Waals surface area contributed by atoms with Gasteiger partial charge in [-0.15, -0.1) is 6.42 Å². The van der Waals surface area contributed by atoms with E-state index in [1.54, 1.807) is 0 Å². The van der Waals surface area contributed by atoms with Gasteiger partial charge in [0.1, 0.15) is 6.61 Å². The van der Waals surface area contributed by atoms with Gasteiger partial charge in [0.2, 0.25) is 6.29 Å². The fourth-order valence-electron chi connectivity index (χ4n) is 0.535. The van der Waals surface area contributed by atoms with Gasteiger partial charge in [0.25, 0.3) is 0 Å². The predicted molar refractivity (Wildman–Crippen MR) is 31.0 cm³/mol. The highest BCUT2D eigenvalue weighted by atomic mass is 16.8. The van der Waals surface area contributed by atoms with Crippen LogP contribution in [-0.2, 0) is 14.2 Å². The Bertz CT molecular complexity index is 169. The van der Waals surface area contributed by atoms with Gasteiger partial charge in [-0.1, -0.05) is 5.92 Å². The molecule has 0 aliphatic carbocycles. The number of ether oxygens (including phenoxy) is 3. The lowest BCUT2D eigenvalue weighted by molar-refractivity contribution is -0.0641. The molecule has 1 rings (SSSR count). The zero-order chi connectivity index (χ0) is 7.40. The molecular weight excluding hydrogens is 136 g/mol. The standard InChI is InChI=1S/C6H6O4/c1-2-3-8-5-4-9-6(7)10-5/h1,5H,3-4H2. The Balaban J connectivity index is 2.20. The van der Waals surface area contributed by atoms with E-state index in [4.69, 9.17) is 11.2 Å². The molecule has 4 heteroatoms. The summed E-state index contributed by atoms with van der Waals surface area (Å²) in [4.78, 5) is 10.2. The highest BCUT2D eigenvalue weighted by molar-refractivity contribution is 5.61. The molecule has 0 radical (unpaired) electrons. The van der Waals surface area contributed by atoms with Gasteiger partial charge >= 0.3 is 6.16 Å². The van der Waals surface area contributed by atoms with Crippen LogP contribution >= 0.6 is 0 Å². The van der Waals surface area contributed by atoms with E-state index in [1.807, 2.05) is 0 Å². The summed E-state index contributed by atoms with van der Waals surface area (Å²) < 4.78 is 13.7. The van der Waals surface area contributed by atoms with E-state index in [2.05, 4.69) is 15.4 Å². The molecule has 1 unspecified atom stereocenters. The van der Waals surface area contributed by atoms with Crippen molar-refractivity contribution in [3.8, 4) is 12.3 Å². The minimum atomic E-state index is -0.706. The third-order valence-electron chi connectivity index (χ3n) is 0.917. The van der Waals surface area contributed by atoms with Gasteiger partial charge in [0, 0.05) is 0 Å². The van der Waals surface area contributed by atoms with E-state index in [-0.39, 0.29) is 13.2 Å². The molecule has 4 nitrogen and oxygen atoms in total. The van der Waals surface area contributed by atoms with Crippen molar-refractivity contribution >= 4 is 6.16 Å². The second-order valence-electron chi connectivity index (χ2n) is 1.62. The second kappa shape index (κ2) is 3.08. The SMILES string of the molecule is C#CCOC1COC(=O)O1. The molecule has 54 valence electrons. The van der Waals surface area contributed by atoms with Crippen molar-refractivity contribution in [1.82, 2.24) is 0 Å². The maximum Gasteiger partial charge on any atom is 0.510 e. The number of hydrogen-bond donors (Lipinski definition) is 0. The number of carbonyl (C=O) groups excluding carboxylic acids is 1. The third kappa shape index (κ3) is 1.64. The predicted octanol–water partition coefficient (Wildman–Crippen LogP) is 0.129. The quantitative estimate of drug-likeness (QED) is 0.406. The first-order valence-corrected chi connectivity index (χ1v) is 2.71. The van der Waals surface area contributed by atoms with Crippen LogP contribution in [0.2, 0.25) is 0 Å². The van der Waals surface area contributed by atoms with Gasteiger partial charge in [0.15, 0.2) is 6.61 Å². The zero-order valence-electron chi connectivity index (χ0n) is 5.20. The van der Waals surface area contributed by atoms with E-state index >= 15 is 0 Å². The molecule has 1 aliphatic rings.